The molecule has 8 heteroatoms. The number of nitrogens with zero attached hydrogens (tertiary/aromatic N) is 2. The minimum absolute atomic E-state index is 0.332. The normalized spacial score (nSPS) is 17.6. The Kier molecular flexibility index (Phi) is 7.77. The molecule has 0 radical (unpaired) electrons. The second-order valence-corrected chi connectivity index (χ2v) is 8.40. The zero-order chi connectivity index (χ0) is 19.9. The summed E-state index contributed by atoms with van der Waals surface area (Å²) in [5.74, 6) is 0.739. The largest absolute Gasteiger partial charge is 0.444 e. The minimum atomic E-state index is -0.488. The first kappa shape index (κ1) is 21.3. The summed E-state index contributed by atoms with van der Waals surface area (Å²) in [6.45, 7) is 8.50. The second-order valence-electron chi connectivity index (χ2n) is 7.48. The lowest BCUT2D eigenvalue weighted by molar-refractivity contribution is 0.0529. The summed E-state index contributed by atoms with van der Waals surface area (Å²) >= 11 is 3.47. The van der Waals surface area contributed by atoms with E-state index in [0.29, 0.717) is 19.1 Å². The number of amides is 1. The van der Waals surface area contributed by atoms with Gasteiger partial charge in [-0.15, -0.1) is 0 Å². The van der Waals surface area contributed by atoms with Crippen molar-refractivity contribution >= 4 is 33.7 Å². The van der Waals surface area contributed by atoms with Gasteiger partial charge in [0.05, 0.1) is 0 Å². The van der Waals surface area contributed by atoms with Crippen molar-refractivity contribution in [2.75, 3.05) is 38.1 Å². The molecule has 1 amide bonds. The highest BCUT2D eigenvalue weighted by molar-refractivity contribution is 9.10. The van der Waals surface area contributed by atoms with Gasteiger partial charge in [0.15, 0.2) is 5.96 Å². The van der Waals surface area contributed by atoms with Crippen LogP contribution >= 0.6 is 15.9 Å². The molecule has 1 fully saturated rings. The monoisotopic (exact) mass is 439 g/mol. The summed E-state index contributed by atoms with van der Waals surface area (Å²) < 4.78 is 6.30. The Morgan fingerprint density at radius 3 is 2.56 bits per heavy atom. The van der Waals surface area contributed by atoms with Gasteiger partial charge in [-0.2, -0.15) is 0 Å². The molecule has 27 heavy (non-hydrogen) atoms. The number of rotatable bonds is 5. The number of nitrogens with one attached hydrogen (secondary N) is 3. The maximum absolute atomic E-state index is 11.6. The van der Waals surface area contributed by atoms with Gasteiger partial charge >= 0.3 is 6.09 Å². The predicted octanol–water partition coefficient (Wildman–Crippen LogP) is 2.72. The van der Waals surface area contributed by atoms with Crippen LogP contribution in [0.3, 0.4) is 0 Å². The van der Waals surface area contributed by atoms with Crippen LogP contribution in [0.4, 0.5) is 10.5 Å². The molecule has 1 heterocycles. The number of guanidine groups is 1. The van der Waals surface area contributed by atoms with Crippen molar-refractivity contribution in [2.24, 2.45) is 4.99 Å². The number of aliphatic imine (C=N–C) groups is 1. The average molecular weight is 440 g/mol. The van der Waals surface area contributed by atoms with Crippen LogP contribution in [0.15, 0.2) is 33.7 Å². The second kappa shape index (κ2) is 9.82. The Balaban J connectivity index is 1.70. The zero-order valence-corrected chi connectivity index (χ0v) is 18.1. The van der Waals surface area contributed by atoms with Gasteiger partial charge in [0.2, 0.25) is 0 Å². The summed E-state index contributed by atoms with van der Waals surface area (Å²) in [7, 11) is 1.75. The van der Waals surface area contributed by atoms with Crippen molar-refractivity contribution in [1.29, 1.82) is 0 Å². The first-order valence-corrected chi connectivity index (χ1v) is 10.0. The van der Waals surface area contributed by atoms with Gasteiger partial charge in [0.25, 0.3) is 0 Å². The molecular weight excluding hydrogens is 410 g/mol. The molecule has 0 saturated carbocycles. The number of halogens is 1. The maximum atomic E-state index is 11.6. The van der Waals surface area contributed by atoms with E-state index in [2.05, 4.69) is 66.0 Å². The van der Waals surface area contributed by atoms with E-state index in [0.717, 1.165) is 29.9 Å². The third-order valence-electron chi connectivity index (χ3n) is 4.03. The van der Waals surface area contributed by atoms with E-state index in [4.69, 9.17) is 4.74 Å². The smallest absolute Gasteiger partial charge is 0.407 e. The van der Waals surface area contributed by atoms with Gasteiger partial charge in [0.1, 0.15) is 5.60 Å². The number of carbonyl (C=O) groups is 1. The number of anilines is 1. The van der Waals surface area contributed by atoms with Gasteiger partial charge in [-0.25, -0.2) is 4.79 Å². The Hall–Kier alpha value is -1.96. The predicted molar refractivity (Wildman–Crippen MR) is 113 cm³/mol. The van der Waals surface area contributed by atoms with Crippen LogP contribution in [0, 0.1) is 0 Å². The van der Waals surface area contributed by atoms with Crippen molar-refractivity contribution in [3.63, 3.8) is 0 Å². The molecule has 2 rings (SSSR count). The highest BCUT2D eigenvalue weighted by atomic mass is 79.9. The SMILES string of the molecule is CN=C(NCCNC(=O)OC(C)(C)C)NC1CCN(c2ccc(Br)cc2)C1. The van der Waals surface area contributed by atoms with Gasteiger partial charge < -0.3 is 25.6 Å². The summed E-state index contributed by atoms with van der Waals surface area (Å²) in [6, 6.07) is 8.71. The molecular formula is C19H30BrN5O2. The molecule has 0 bridgehead atoms. The van der Waals surface area contributed by atoms with Crippen molar-refractivity contribution in [3.8, 4) is 0 Å². The lowest BCUT2D eigenvalue weighted by Crippen LogP contribution is -2.46. The molecule has 0 aromatic heterocycles. The molecule has 1 aromatic carbocycles. The highest BCUT2D eigenvalue weighted by Gasteiger charge is 2.23. The minimum Gasteiger partial charge on any atom is -0.444 e. The first-order chi connectivity index (χ1) is 12.8. The molecule has 1 aliphatic rings. The van der Waals surface area contributed by atoms with Gasteiger partial charge in [-0.1, -0.05) is 15.9 Å². The fourth-order valence-electron chi connectivity index (χ4n) is 2.81. The summed E-state index contributed by atoms with van der Waals surface area (Å²) in [5, 5.41) is 9.39. The average Bonchev–Trinajstić information content (AvgIpc) is 3.05. The lowest BCUT2D eigenvalue weighted by atomic mass is 10.2. The van der Waals surface area contributed by atoms with E-state index in [1.807, 2.05) is 20.8 Å². The number of hydrogen-bond donors (Lipinski definition) is 3. The third kappa shape index (κ3) is 7.66. The topological polar surface area (TPSA) is 78.0 Å². The highest BCUT2D eigenvalue weighted by Crippen LogP contribution is 2.22. The summed E-state index contributed by atoms with van der Waals surface area (Å²) in [4.78, 5) is 18.3. The van der Waals surface area contributed by atoms with Crippen LogP contribution in [-0.2, 0) is 4.74 Å². The quantitative estimate of drug-likeness (QED) is 0.373. The third-order valence-corrected chi connectivity index (χ3v) is 4.56. The maximum Gasteiger partial charge on any atom is 0.407 e. The van der Waals surface area contributed by atoms with E-state index < -0.39 is 11.7 Å². The molecule has 0 aliphatic carbocycles. The number of benzene rings is 1. The fourth-order valence-corrected chi connectivity index (χ4v) is 3.08. The Bertz CT molecular complexity index is 642. The summed E-state index contributed by atoms with van der Waals surface area (Å²) in [6.07, 6.45) is 0.639. The van der Waals surface area contributed by atoms with Crippen LogP contribution in [0.5, 0.6) is 0 Å². The molecule has 7 nitrogen and oxygen atoms in total. The Morgan fingerprint density at radius 1 is 1.26 bits per heavy atom. The van der Waals surface area contributed by atoms with Gasteiger partial charge in [-0.05, 0) is 51.5 Å². The van der Waals surface area contributed by atoms with Crippen molar-refractivity contribution in [3.05, 3.63) is 28.7 Å². The lowest BCUT2D eigenvalue weighted by Gasteiger charge is -2.21. The van der Waals surface area contributed by atoms with E-state index in [1.165, 1.54) is 5.69 Å². The molecule has 1 aromatic rings. The number of alkyl carbamates (subject to hydrolysis) is 1. The van der Waals surface area contributed by atoms with E-state index in [1.54, 1.807) is 7.05 Å². The molecule has 1 unspecified atom stereocenters. The van der Waals surface area contributed by atoms with Crippen molar-refractivity contribution in [2.45, 2.75) is 38.8 Å². The van der Waals surface area contributed by atoms with Crippen LogP contribution in [0.25, 0.3) is 0 Å². The van der Waals surface area contributed by atoms with Crippen LogP contribution in [-0.4, -0.2) is 56.9 Å². The van der Waals surface area contributed by atoms with E-state index in [-0.39, 0.29) is 0 Å². The number of hydrogen-bond acceptors (Lipinski definition) is 4. The van der Waals surface area contributed by atoms with E-state index >= 15 is 0 Å². The van der Waals surface area contributed by atoms with Crippen LogP contribution in [0.1, 0.15) is 27.2 Å². The van der Waals surface area contributed by atoms with Gasteiger partial charge in [-0.3, -0.25) is 4.99 Å². The molecule has 150 valence electrons. The fraction of sp³-hybridized carbons (Fsp3) is 0.579. The molecule has 1 atom stereocenters. The number of ether oxygens (including phenoxy) is 1. The molecule has 3 N–H and O–H groups in total. The van der Waals surface area contributed by atoms with Crippen molar-refractivity contribution in [1.82, 2.24) is 16.0 Å². The van der Waals surface area contributed by atoms with Crippen molar-refractivity contribution < 1.29 is 9.53 Å². The molecule has 1 saturated heterocycles. The van der Waals surface area contributed by atoms with Crippen LogP contribution < -0.4 is 20.9 Å². The summed E-state index contributed by atoms with van der Waals surface area (Å²) in [5.41, 5.74) is 0.741. The molecule has 1 aliphatic heterocycles. The van der Waals surface area contributed by atoms with Crippen LogP contribution in [0.2, 0.25) is 0 Å². The first-order valence-electron chi connectivity index (χ1n) is 9.21. The Labute approximate surface area is 170 Å². The van der Waals surface area contributed by atoms with Gasteiger partial charge in [0, 0.05) is 49.4 Å². The Morgan fingerprint density at radius 2 is 1.93 bits per heavy atom. The standard InChI is InChI=1S/C19H30BrN5O2/c1-19(2,3)27-18(26)23-11-10-22-17(21-4)24-15-9-12-25(13-15)16-7-5-14(20)6-8-16/h5-8,15H,9-13H2,1-4H3,(H,23,26)(H2,21,22,24). The number of carbonyl (C=O) groups excluding carboxylic acids is 1. The molecule has 0 spiro atoms. The van der Waals surface area contributed by atoms with E-state index in [9.17, 15) is 4.79 Å². The zero-order valence-electron chi connectivity index (χ0n) is 16.5.